The minimum absolute atomic E-state index is 0.0514. The van der Waals surface area contributed by atoms with Crippen LogP contribution >= 0.6 is 0 Å². The van der Waals surface area contributed by atoms with Crippen LogP contribution in [0.3, 0.4) is 0 Å². The fraction of sp³-hybridized carbons (Fsp3) is 0.550. The van der Waals surface area contributed by atoms with Crippen molar-refractivity contribution in [2.75, 3.05) is 0 Å². The van der Waals surface area contributed by atoms with E-state index in [9.17, 15) is 10.2 Å². The normalized spacial score (nSPS) is 37.7. The summed E-state index contributed by atoms with van der Waals surface area (Å²) in [4.78, 5) is 0. The van der Waals surface area contributed by atoms with Crippen LogP contribution in [-0.2, 0) is 9.47 Å². The quantitative estimate of drug-likeness (QED) is 0.205. The maximum absolute atomic E-state index is 11.1. The second-order valence-corrected chi connectivity index (χ2v) is 15.4. The van der Waals surface area contributed by atoms with E-state index in [-0.39, 0.29) is 34.7 Å². The van der Waals surface area contributed by atoms with Crippen molar-refractivity contribution in [3.8, 4) is 0 Å². The molecule has 4 rings (SSSR count). The first-order valence-corrected chi connectivity index (χ1v) is 16.3. The van der Waals surface area contributed by atoms with Gasteiger partial charge in [0.05, 0.1) is 29.5 Å². The topological polar surface area (TPSA) is 58.9 Å². The van der Waals surface area contributed by atoms with Gasteiger partial charge in [-0.25, -0.2) is 0 Å². The maximum atomic E-state index is 11.1. The van der Waals surface area contributed by atoms with E-state index in [2.05, 4.69) is 141 Å². The van der Waals surface area contributed by atoms with Gasteiger partial charge >= 0.3 is 0 Å². The minimum Gasteiger partial charge on any atom is -0.393 e. The summed E-state index contributed by atoms with van der Waals surface area (Å²) in [6.07, 6.45) is 30.2. The molecule has 0 amide bonds. The van der Waals surface area contributed by atoms with Gasteiger partial charge in [0.2, 0.25) is 0 Å². The molecule has 0 radical (unpaired) electrons. The van der Waals surface area contributed by atoms with Crippen molar-refractivity contribution in [2.45, 2.75) is 130 Å². The molecule has 0 unspecified atom stereocenters. The average molecular weight is 601 g/mol. The Hall–Kier alpha value is -2.50. The summed E-state index contributed by atoms with van der Waals surface area (Å²) in [5.41, 5.74) is 3.90. The zero-order chi connectivity index (χ0) is 32.6. The Balaban J connectivity index is 1.29. The summed E-state index contributed by atoms with van der Waals surface area (Å²) in [5.74, 6) is 0. The predicted molar refractivity (Wildman–Crippen MR) is 183 cm³/mol. The number of aliphatic hydroxyl groups excluding tert-OH is 1. The smallest absolute Gasteiger partial charge is 0.120 e. The van der Waals surface area contributed by atoms with E-state index in [1.165, 1.54) is 5.57 Å². The van der Waals surface area contributed by atoms with Crippen molar-refractivity contribution in [1.29, 1.82) is 0 Å². The first-order chi connectivity index (χ1) is 20.4. The predicted octanol–water partition coefficient (Wildman–Crippen LogP) is 8.97. The zero-order valence-electron chi connectivity index (χ0n) is 28.8. The van der Waals surface area contributed by atoms with Crippen molar-refractivity contribution in [3.63, 3.8) is 0 Å². The van der Waals surface area contributed by atoms with Gasteiger partial charge in [-0.15, -0.1) is 0 Å². The first kappa shape index (κ1) is 34.4. The molecule has 0 aromatic carbocycles. The highest BCUT2D eigenvalue weighted by atomic mass is 16.5. The summed E-state index contributed by atoms with van der Waals surface area (Å²) in [7, 11) is 0. The maximum Gasteiger partial charge on any atom is 0.120 e. The van der Waals surface area contributed by atoms with Crippen LogP contribution in [0.1, 0.15) is 94.9 Å². The van der Waals surface area contributed by atoms with Gasteiger partial charge in [0.1, 0.15) is 5.60 Å². The third-order valence-corrected chi connectivity index (χ3v) is 10.2. The van der Waals surface area contributed by atoms with Gasteiger partial charge in [0, 0.05) is 18.3 Å². The molecule has 6 atom stereocenters. The molecular weight excluding hydrogens is 544 g/mol. The Morgan fingerprint density at radius 3 is 1.89 bits per heavy atom. The Bertz CT molecular complexity index is 1350. The van der Waals surface area contributed by atoms with Crippen LogP contribution in [-0.4, -0.2) is 45.3 Å². The molecule has 2 bridgehead atoms. The van der Waals surface area contributed by atoms with E-state index >= 15 is 0 Å². The highest BCUT2D eigenvalue weighted by molar-refractivity contribution is 5.38. The average Bonchev–Trinajstić information content (AvgIpc) is 3.47. The van der Waals surface area contributed by atoms with E-state index in [0.717, 1.165) is 35.1 Å². The lowest BCUT2D eigenvalue weighted by Crippen LogP contribution is -2.56. The van der Waals surface area contributed by atoms with E-state index < -0.39 is 11.2 Å². The molecule has 0 aromatic rings. The molecule has 3 heterocycles. The monoisotopic (exact) mass is 600 g/mol. The largest absolute Gasteiger partial charge is 0.393 e. The molecule has 4 heteroatoms. The molecule has 2 saturated heterocycles. The molecule has 4 nitrogen and oxygen atoms in total. The van der Waals surface area contributed by atoms with Gasteiger partial charge < -0.3 is 19.7 Å². The van der Waals surface area contributed by atoms with E-state index in [0.29, 0.717) is 12.8 Å². The fourth-order valence-electron chi connectivity index (χ4n) is 8.07. The van der Waals surface area contributed by atoms with Gasteiger partial charge in [-0.05, 0) is 83.1 Å². The highest BCUT2D eigenvalue weighted by Gasteiger charge is 2.67. The second kappa shape index (κ2) is 12.7. The van der Waals surface area contributed by atoms with Crippen LogP contribution in [0.15, 0.2) is 107 Å². The molecule has 0 spiro atoms. The molecular formula is C40H56O4. The van der Waals surface area contributed by atoms with Crippen LogP contribution in [0.4, 0.5) is 0 Å². The third-order valence-electron chi connectivity index (χ3n) is 10.2. The Labute approximate surface area is 267 Å². The molecule has 0 aromatic heterocycles. The van der Waals surface area contributed by atoms with E-state index in [1.807, 2.05) is 6.92 Å². The number of ether oxygens (including phenoxy) is 2. The molecule has 44 heavy (non-hydrogen) atoms. The molecule has 2 N–H and O–H groups in total. The molecule has 3 fully saturated rings. The molecule has 1 aliphatic carbocycles. The van der Waals surface area contributed by atoms with Gasteiger partial charge in [-0.2, -0.15) is 0 Å². The van der Waals surface area contributed by atoms with Gasteiger partial charge in [0.25, 0.3) is 0 Å². The summed E-state index contributed by atoms with van der Waals surface area (Å²) in [5, 5.41) is 21.5. The summed E-state index contributed by atoms with van der Waals surface area (Å²) in [6.45, 7) is 21.2. The van der Waals surface area contributed by atoms with Crippen LogP contribution < -0.4 is 0 Å². The SMILES string of the molecule is C/C(=C/C=C/C(C)=C/C=C/C=C(C)/C=C/C=C(C)/C=C/[C@@]12O[C@@H](CC1(C)C)C[C@@]2(C)O)[C@@H]1C=C2C(C)(C)C[C@H](O)C[C@@]2(C)O1. The fourth-order valence-corrected chi connectivity index (χ4v) is 8.07. The lowest BCUT2D eigenvalue weighted by Gasteiger charge is -2.46. The molecule has 3 aliphatic heterocycles. The number of aliphatic hydroxyl groups is 2. The van der Waals surface area contributed by atoms with Crippen molar-refractivity contribution in [1.82, 2.24) is 0 Å². The van der Waals surface area contributed by atoms with Crippen molar-refractivity contribution >= 4 is 0 Å². The number of hydrogen-bond donors (Lipinski definition) is 2. The van der Waals surface area contributed by atoms with Crippen LogP contribution in [0.2, 0.25) is 0 Å². The number of rotatable bonds is 9. The van der Waals surface area contributed by atoms with E-state index in [1.54, 1.807) is 0 Å². The summed E-state index contributed by atoms with van der Waals surface area (Å²) >= 11 is 0. The van der Waals surface area contributed by atoms with Crippen molar-refractivity contribution < 1.29 is 19.7 Å². The zero-order valence-corrected chi connectivity index (χ0v) is 28.8. The molecule has 240 valence electrons. The Kier molecular flexibility index (Phi) is 9.93. The highest BCUT2D eigenvalue weighted by Crippen LogP contribution is 2.60. The van der Waals surface area contributed by atoms with Crippen LogP contribution in [0.5, 0.6) is 0 Å². The van der Waals surface area contributed by atoms with Crippen molar-refractivity contribution in [2.24, 2.45) is 10.8 Å². The van der Waals surface area contributed by atoms with Crippen LogP contribution in [0, 0.1) is 10.8 Å². The van der Waals surface area contributed by atoms with E-state index in [4.69, 9.17) is 9.47 Å². The molecule has 1 saturated carbocycles. The van der Waals surface area contributed by atoms with Crippen LogP contribution in [0.25, 0.3) is 0 Å². The minimum atomic E-state index is -0.848. The Morgan fingerprint density at radius 2 is 1.30 bits per heavy atom. The lowest BCUT2D eigenvalue weighted by molar-refractivity contribution is -0.115. The number of fused-ring (bicyclic) bond motifs is 3. The Morgan fingerprint density at radius 1 is 0.727 bits per heavy atom. The summed E-state index contributed by atoms with van der Waals surface area (Å²) < 4.78 is 12.8. The third kappa shape index (κ3) is 7.15. The van der Waals surface area contributed by atoms with Crippen molar-refractivity contribution in [3.05, 3.63) is 107 Å². The molecule has 4 aliphatic rings. The number of hydrogen-bond acceptors (Lipinski definition) is 4. The number of allylic oxidation sites excluding steroid dienone is 14. The lowest BCUT2D eigenvalue weighted by atomic mass is 9.61. The van der Waals surface area contributed by atoms with Gasteiger partial charge in [-0.3, -0.25) is 0 Å². The first-order valence-electron chi connectivity index (χ1n) is 16.3. The summed E-state index contributed by atoms with van der Waals surface area (Å²) in [6, 6.07) is 0. The van der Waals surface area contributed by atoms with Gasteiger partial charge in [-0.1, -0.05) is 111 Å². The standard InChI is InChI=1S/C40H56O4/c1-28(17-13-18-30(3)21-22-40-37(7,8)26-33(43-40)27-39(40,10)42)15-11-12-16-29(2)19-14-20-31(4)34-23-35-36(5,6)24-32(41)25-38(35,9)44-34/h11-23,32-34,41-42H,24-27H2,1-10H3/b12-11+,17-13+,19-14+,22-21+,28-15+,29-16+,30-18+,31-20-/t32-,33-,34-,38+,39+,40+/m0/s1. The second-order valence-electron chi connectivity index (χ2n) is 15.4. The van der Waals surface area contributed by atoms with Gasteiger partial charge in [0.15, 0.2) is 0 Å².